The number of aliphatic hydroxyl groups is 1. The SMILES string of the molecule is Cc1cccc(=O)n1CC(O)c1ccc(CC(C)C)cc1. The van der Waals surface area contributed by atoms with Crippen LogP contribution in [0.3, 0.4) is 0 Å². The maximum atomic E-state index is 11.8. The van der Waals surface area contributed by atoms with Gasteiger partial charge in [-0.15, -0.1) is 0 Å². The molecule has 112 valence electrons. The highest BCUT2D eigenvalue weighted by molar-refractivity contribution is 5.24. The molecule has 1 aromatic heterocycles. The van der Waals surface area contributed by atoms with Crippen LogP contribution in [0, 0.1) is 12.8 Å². The maximum absolute atomic E-state index is 11.8. The molecule has 3 heteroatoms. The van der Waals surface area contributed by atoms with Gasteiger partial charge in [-0.1, -0.05) is 44.2 Å². The van der Waals surface area contributed by atoms with Crippen LogP contribution in [0.1, 0.15) is 36.8 Å². The molecular weight excluding hydrogens is 262 g/mol. The van der Waals surface area contributed by atoms with E-state index in [9.17, 15) is 9.90 Å². The van der Waals surface area contributed by atoms with Gasteiger partial charge in [0.05, 0.1) is 12.6 Å². The standard InChI is InChI=1S/C18H23NO2/c1-13(2)11-15-7-9-16(10-8-15)17(20)12-19-14(3)5-4-6-18(19)21/h4-10,13,17,20H,11-12H2,1-3H3. The van der Waals surface area contributed by atoms with Crippen LogP contribution in [0.2, 0.25) is 0 Å². The summed E-state index contributed by atoms with van der Waals surface area (Å²) in [6.45, 7) is 6.54. The van der Waals surface area contributed by atoms with Crippen LogP contribution in [0.25, 0.3) is 0 Å². The van der Waals surface area contributed by atoms with Gasteiger partial charge >= 0.3 is 0 Å². The van der Waals surface area contributed by atoms with E-state index in [0.717, 1.165) is 17.7 Å². The lowest BCUT2D eigenvalue weighted by Crippen LogP contribution is -2.24. The highest BCUT2D eigenvalue weighted by atomic mass is 16.3. The lowest BCUT2D eigenvalue weighted by Gasteiger charge is -2.16. The van der Waals surface area contributed by atoms with Crippen molar-refractivity contribution >= 4 is 0 Å². The van der Waals surface area contributed by atoms with E-state index in [1.807, 2.05) is 25.1 Å². The minimum absolute atomic E-state index is 0.0783. The van der Waals surface area contributed by atoms with Crippen molar-refractivity contribution in [3.05, 3.63) is 69.6 Å². The van der Waals surface area contributed by atoms with Crippen LogP contribution < -0.4 is 5.56 Å². The molecule has 1 aromatic carbocycles. The Labute approximate surface area is 125 Å². The molecule has 0 aliphatic rings. The van der Waals surface area contributed by atoms with Gasteiger partial charge in [-0.3, -0.25) is 4.79 Å². The fourth-order valence-electron chi connectivity index (χ4n) is 2.48. The van der Waals surface area contributed by atoms with Gasteiger partial charge in [-0.25, -0.2) is 0 Å². The van der Waals surface area contributed by atoms with E-state index >= 15 is 0 Å². The van der Waals surface area contributed by atoms with Crippen LogP contribution in [0.15, 0.2) is 47.3 Å². The summed E-state index contributed by atoms with van der Waals surface area (Å²) in [5, 5.41) is 10.3. The zero-order chi connectivity index (χ0) is 15.4. The van der Waals surface area contributed by atoms with E-state index in [4.69, 9.17) is 0 Å². The average Bonchev–Trinajstić information content (AvgIpc) is 2.43. The maximum Gasteiger partial charge on any atom is 0.250 e. The highest BCUT2D eigenvalue weighted by Gasteiger charge is 2.10. The summed E-state index contributed by atoms with van der Waals surface area (Å²) in [5.41, 5.74) is 2.90. The first kappa shape index (κ1) is 15.5. The third kappa shape index (κ3) is 4.05. The third-order valence-corrected chi connectivity index (χ3v) is 3.63. The average molecular weight is 285 g/mol. The smallest absolute Gasteiger partial charge is 0.250 e. The second-order valence-electron chi connectivity index (χ2n) is 5.97. The van der Waals surface area contributed by atoms with Gasteiger partial charge in [0.1, 0.15) is 0 Å². The number of aryl methyl sites for hydroxylation is 1. The summed E-state index contributed by atoms with van der Waals surface area (Å²) in [7, 11) is 0. The molecule has 0 bridgehead atoms. The summed E-state index contributed by atoms with van der Waals surface area (Å²) in [6.07, 6.45) is 0.366. The summed E-state index contributed by atoms with van der Waals surface area (Å²) in [4.78, 5) is 11.8. The molecule has 0 fully saturated rings. The molecule has 2 rings (SSSR count). The van der Waals surface area contributed by atoms with E-state index in [0.29, 0.717) is 5.92 Å². The van der Waals surface area contributed by atoms with Gasteiger partial charge in [0.25, 0.3) is 5.56 Å². The minimum atomic E-state index is -0.670. The number of nitrogens with zero attached hydrogens (tertiary/aromatic N) is 1. The zero-order valence-electron chi connectivity index (χ0n) is 12.9. The number of hydrogen-bond donors (Lipinski definition) is 1. The Morgan fingerprint density at radius 2 is 1.76 bits per heavy atom. The van der Waals surface area contributed by atoms with Crippen LogP contribution in [-0.2, 0) is 13.0 Å². The molecular formula is C18H23NO2. The lowest BCUT2D eigenvalue weighted by atomic mass is 10.00. The first-order chi connectivity index (χ1) is 9.97. The quantitative estimate of drug-likeness (QED) is 0.917. The summed E-state index contributed by atoms with van der Waals surface area (Å²) < 4.78 is 1.60. The van der Waals surface area contributed by atoms with E-state index < -0.39 is 6.10 Å². The molecule has 1 heterocycles. The molecule has 1 unspecified atom stereocenters. The van der Waals surface area contributed by atoms with Gasteiger partial charge < -0.3 is 9.67 Å². The van der Waals surface area contributed by atoms with E-state index in [2.05, 4.69) is 26.0 Å². The van der Waals surface area contributed by atoms with Crippen molar-refractivity contribution in [1.29, 1.82) is 0 Å². The van der Waals surface area contributed by atoms with Crippen LogP contribution >= 0.6 is 0 Å². The molecule has 1 atom stereocenters. The molecule has 1 N–H and O–H groups in total. The monoisotopic (exact) mass is 285 g/mol. The van der Waals surface area contributed by atoms with Crippen molar-refractivity contribution in [3.8, 4) is 0 Å². The van der Waals surface area contributed by atoms with E-state index in [-0.39, 0.29) is 12.1 Å². The van der Waals surface area contributed by atoms with Gasteiger partial charge in [-0.05, 0) is 36.5 Å². The van der Waals surface area contributed by atoms with Gasteiger partial charge in [-0.2, -0.15) is 0 Å². The van der Waals surface area contributed by atoms with Crippen molar-refractivity contribution in [2.75, 3.05) is 0 Å². The predicted molar refractivity (Wildman–Crippen MR) is 85.4 cm³/mol. The second-order valence-corrected chi connectivity index (χ2v) is 5.97. The summed E-state index contributed by atoms with van der Waals surface area (Å²) in [5.74, 6) is 0.617. The van der Waals surface area contributed by atoms with E-state index in [1.54, 1.807) is 10.6 Å². The molecule has 3 nitrogen and oxygen atoms in total. The molecule has 0 radical (unpaired) electrons. The molecule has 0 saturated heterocycles. The molecule has 0 aliphatic heterocycles. The number of hydrogen-bond acceptors (Lipinski definition) is 2. The summed E-state index contributed by atoms with van der Waals surface area (Å²) >= 11 is 0. The molecule has 0 spiro atoms. The number of pyridine rings is 1. The molecule has 0 aliphatic carbocycles. The number of rotatable bonds is 5. The first-order valence-electron chi connectivity index (χ1n) is 7.40. The van der Waals surface area contributed by atoms with Crippen LogP contribution in [0.5, 0.6) is 0 Å². The van der Waals surface area contributed by atoms with Crippen molar-refractivity contribution in [2.24, 2.45) is 5.92 Å². The highest BCUT2D eigenvalue weighted by Crippen LogP contribution is 2.17. The van der Waals surface area contributed by atoms with Crippen molar-refractivity contribution in [2.45, 2.75) is 39.8 Å². The Morgan fingerprint density at radius 3 is 2.33 bits per heavy atom. The van der Waals surface area contributed by atoms with Crippen molar-refractivity contribution in [3.63, 3.8) is 0 Å². The normalized spacial score (nSPS) is 12.6. The van der Waals surface area contributed by atoms with Crippen molar-refractivity contribution < 1.29 is 5.11 Å². The fraction of sp³-hybridized carbons (Fsp3) is 0.389. The minimum Gasteiger partial charge on any atom is -0.387 e. The molecule has 21 heavy (non-hydrogen) atoms. The molecule has 2 aromatic rings. The van der Waals surface area contributed by atoms with Gasteiger partial charge in [0.2, 0.25) is 0 Å². The topological polar surface area (TPSA) is 42.2 Å². The van der Waals surface area contributed by atoms with Crippen LogP contribution in [-0.4, -0.2) is 9.67 Å². The van der Waals surface area contributed by atoms with Gasteiger partial charge in [0.15, 0.2) is 0 Å². The van der Waals surface area contributed by atoms with Crippen LogP contribution in [0.4, 0.5) is 0 Å². The Kier molecular flexibility index (Phi) is 4.97. The Hall–Kier alpha value is -1.87. The van der Waals surface area contributed by atoms with E-state index in [1.165, 1.54) is 11.6 Å². The Balaban J connectivity index is 2.13. The Morgan fingerprint density at radius 1 is 1.10 bits per heavy atom. The van der Waals surface area contributed by atoms with Crippen molar-refractivity contribution in [1.82, 2.24) is 4.57 Å². The molecule has 0 saturated carbocycles. The van der Waals surface area contributed by atoms with Gasteiger partial charge in [0, 0.05) is 11.8 Å². The number of aromatic nitrogens is 1. The second kappa shape index (κ2) is 6.72. The number of aliphatic hydroxyl groups excluding tert-OH is 1. The largest absolute Gasteiger partial charge is 0.387 e. The number of benzene rings is 1. The lowest BCUT2D eigenvalue weighted by molar-refractivity contribution is 0.154. The zero-order valence-corrected chi connectivity index (χ0v) is 12.9. The fourth-order valence-corrected chi connectivity index (χ4v) is 2.48. The molecule has 0 amide bonds. The summed E-state index contributed by atoms with van der Waals surface area (Å²) in [6, 6.07) is 13.1. The third-order valence-electron chi connectivity index (χ3n) is 3.63. The predicted octanol–water partition coefficient (Wildman–Crippen LogP) is 3.09. The Bertz CT molecular complexity index is 641. The first-order valence-corrected chi connectivity index (χ1v) is 7.40.